The van der Waals surface area contributed by atoms with E-state index in [0.717, 1.165) is 30.1 Å². The van der Waals surface area contributed by atoms with Crippen LogP contribution in [0.2, 0.25) is 0 Å². The maximum absolute atomic E-state index is 5.46. The van der Waals surface area contributed by atoms with E-state index in [1.54, 1.807) is 18.4 Å². The van der Waals surface area contributed by atoms with Gasteiger partial charge in [0.1, 0.15) is 5.75 Å². The average Bonchev–Trinajstić information content (AvgIpc) is 2.98. The second-order valence-corrected chi connectivity index (χ2v) is 6.19. The first-order valence-corrected chi connectivity index (χ1v) is 7.97. The molecule has 0 saturated carbocycles. The molecule has 114 valence electrons. The summed E-state index contributed by atoms with van der Waals surface area (Å²) in [4.78, 5) is 4.86. The van der Waals surface area contributed by atoms with Crippen LogP contribution in [0, 0.1) is 6.92 Å². The van der Waals surface area contributed by atoms with Gasteiger partial charge in [-0.1, -0.05) is 11.6 Å². The van der Waals surface area contributed by atoms with E-state index >= 15 is 0 Å². The van der Waals surface area contributed by atoms with Gasteiger partial charge < -0.3 is 10.1 Å². The smallest absolute Gasteiger partial charge is 0.128 e. The van der Waals surface area contributed by atoms with Crippen LogP contribution in [0.5, 0.6) is 5.75 Å². The van der Waals surface area contributed by atoms with Crippen molar-refractivity contribution < 1.29 is 4.74 Å². The molecule has 1 saturated heterocycles. The van der Waals surface area contributed by atoms with Crippen molar-refractivity contribution in [2.24, 2.45) is 0 Å². The summed E-state index contributed by atoms with van der Waals surface area (Å²) in [6.45, 7) is 4.31. The molecule has 0 aliphatic carbocycles. The van der Waals surface area contributed by atoms with Gasteiger partial charge in [0.15, 0.2) is 0 Å². The van der Waals surface area contributed by atoms with E-state index in [4.69, 9.17) is 9.72 Å². The fourth-order valence-corrected chi connectivity index (χ4v) is 3.68. The molecule has 0 spiro atoms. The first-order valence-electron chi connectivity index (χ1n) is 7.09. The summed E-state index contributed by atoms with van der Waals surface area (Å²) in [7, 11) is 1.72. The predicted octanol–water partition coefficient (Wildman–Crippen LogP) is 4.02. The van der Waals surface area contributed by atoms with Crippen LogP contribution in [0.3, 0.4) is 0 Å². The van der Waals surface area contributed by atoms with E-state index in [-0.39, 0.29) is 12.4 Å². The maximum atomic E-state index is 5.46. The van der Waals surface area contributed by atoms with Gasteiger partial charge in [0, 0.05) is 16.9 Å². The molecule has 2 heterocycles. The zero-order valence-corrected chi connectivity index (χ0v) is 14.0. The van der Waals surface area contributed by atoms with Crippen molar-refractivity contribution in [3.63, 3.8) is 0 Å². The summed E-state index contributed by atoms with van der Waals surface area (Å²) in [6.07, 6.45) is 2.38. The molecule has 0 unspecified atom stereocenters. The molecule has 21 heavy (non-hydrogen) atoms. The van der Waals surface area contributed by atoms with Gasteiger partial charge in [-0.2, -0.15) is 0 Å². The highest BCUT2D eigenvalue weighted by molar-refractivity contribution is 7.10. The van der Waals surface area contributed by atoms with E-state index < -0.39 is 0 Å². The standard InChI is InChI=1S/C16H20N2OS.ClH/c1-11-3-4-15(19-2)13(9-11)14-10-20-16(18-14)12-5-7-17-8-6-12;/h3-4,9-10,12,17H,5-8H2,1-2H3;1H. The lowest BCUT2D eigenvalue weighted by atomic mass is 9.99. The number of ether oxygens (including phenoxy) is 1. The van der Waals surface area contributed by atoms with Gasteiger partial charge in [-0.3, -0.25) is 0 Å². The van der Waals surface area contributed by atoms with Crippen molar-refractivity contribution in [2.45, 2.75) is 25.7 Å². The van der Waals surface area contributed by atoms with E-state index in [2.05, 4.69) is 29.8 Å². The van der Waals surface area contributed by atoms with Crippen molar-refractivity contribution in [3.8, 4) is 17.0 Å². The predicted molar refractivity (Wildman–Crippen MR) is 90.9 cm³/mol. The number of halogens is 1. The van der Waals surface area contributed by atoms with Gasteiger partial charge in [-0.15, -0.1) is 23.7 Å². The highest BCUT2D eigenvalue weighted by Crippen LogP contribution is 2.35. The monoisotopic (exact) mass is 324 g/mol. The molecule has 3 rings (SSSR count). The fourth-order valence-electron chi connectivity index (χ4n) is 2.69. The number of piperidine rings is 1. The Hall–Kier alpha value is -1.10. The SMILES string of the molecule is COc1ccc(C)cc1-c1csc(C2CCNCC2)n1.Cl. The summed E-state index contributed by atoms with van der Waals surface area (Å²) in [6, 6.07) is 6.25. The molecule has 1 aliphatic rings. The molecule has 2 aromatic rings. The van der Waals surface area contributed by atoms with Crippen molar-refractivity contribution in [1.82, 2.24) is 10.3 Å². The average molecular weight is 325 g/mol. The van der Waals surface area contributed by atoms with E-state index in [1.165, 1.54) is 23.4 Å². The maximum Gasteiger partial charge on any atom is 0.128 e. The topological polar surface area (TPSA) is 34.1 Å². The summed E-state index contributed by atoms with van der Waals surface area (Å²) in [5.74, 6) is 1.52. The zero-order valence-electron chi connectivity index (χ0n) is 12.4. The minimum absolute atomic E-state index is 0. The van der Waals surface area contributed by atoms with Crippen molar-refractivity contribution >= 4 is 23.7 Å². The molecule has 1 aliphatic heterocycles. The number of hydrogen-bond donors (Lipinski definition) is 1. The number of nitrogens with one attached hydrogen (secondary N) is 1. The van der Waals surface area contributed by atoms with Crippen LogP contribution in [-0.2, 0) is 0 Å². The lowest BCUT2D eigenvalue weighted by molar-refractivity contribution is 0.416. The fraction of sp³-hybridized carbons (Fsp3) is 0.438. The van der Waals surface area contributed by atoms with Crippen LogP contribution in [0.25, 0.3) is 11.3 Å². The summed E-state index contributed by atoms with van der Waals surface area (Å²) in [5, 5.41) is 6.84. The van der Waals surface area contributed by atoms with E-state index in [9.17, 15) is 0 Å². The highest BCUT2D eigenvalue weighted by atomic mass is 35.5. The quantitative estimate of drug-likeness (QED) is 0.926. The molecule has 3 nitrogen and oxygen atoms in total. The Morgan fingerprint density at radius 3 is 2.76 bits per heavy atom. The van der Waals surface area contributed by atoms with Crippen molar-refractivity contribution in [2.75, 3.05) is 20.2 Å². The molecule has 0 radical (unpaired) electrons. The Bertz CT molecular complexity index is 594. The number of methoxy groups -OCH3 is 1. The third-order valence-corrected chi connectivity index (χ3v) is 4.85. The Morgan fingerprint density at radius 1 is 1.29 bits per heavy atom. The first kappa shape index (κ1) is 16.3. The number of rotatable bonds is 3. The molecular formula is C16H21ClN2OS. The lowest BCUT2D eigenvalue weighted by Gasteiger charge is -2.20. The number of thiazole rings is 1. The number of aryl methyl sites for hydroxylation is 1. The van der Waals surface area contributed by atoms with Gasteiger partial charge in [-0.25, -0.2) is 4.98 Å². The third-order valence-electron chi connectivity index (χ3n) is 3.84. The first-order chi connectivity index (χ1) is 9.78. The van der Waals surface area contributed by atoms with Gasteiger partial charge in [0.25, 0.3) is 0 Å². The Morgan fingerprint density at radius 2 is 2.05 bits per heavy atom. The number of hydrogen-bond acceptors (Lipinski definition) is 4. The van der Waals surface area contributed by atoms with Gasteiger partial charge in [0.2, 0.25) is 0 Å². The van der Waals surface area contributed by atoms with Crippen LogP contribution in [0.1, 0.15) is 29.3 Å². The molecular weight excluding hydrogens is 304 g/mol. The summed E-state index contributed by atoms with van der Waals surface area (Å²) < 4.78 is 5.46. The van der Waals surface area contributed by atoms with Crippen LogP contribution in [-0.4, -0.2) is 25.2 Å². The second kappa shape index (κ2) is 7.25. The Labute approximate surface area is 136 Å². The lowest BCUT2D eigenvalue weighted by Crippen LogP contribution is -2.26. The highest BCUT2D eigenvalue weighted by Gasteiger charge is 2.19. The zero-order chi connectivity index (χ0) is 13.9. The van der Waals surface area contributed by atoms with Crippen LogP contribution >= 0.6 is 23.7 Å². The summed E-state index contributed by atoms with van der Waals surface area (Å²) in [5.41, 5.74) is 3.38. The van der Waals surface area contributed by atoms with Crippen LogP contribution < -0.4 is 10.1 Å². The van der Waals surface area contributed by atoms with E-state index in [0.29, 0.717) is 5.92 Å². The Balaban J connectivity index is 0.00000161. The molecule has 1 aromatic carbocycles. The minimum atomic E-state index is 0. The van der Waals surface area contributed by atoms with Gasteiger partial charge in [0.05, 0.1) is 17.8 Å². The van der Waals surface area contributed by atoms with Crippen molar-refractivity contribution in [3.05, 3.63) is 34.2 Å². The minimum Gasteiger partial charge on any atom is -0.496 e. The number of aromatic nitrogens is 1. The molecule has 1 aromatic heterocycles. The van der Waals surface area contributed by atoms with Crippen LogP contribution in [0.15, 0.2) is 23.6 Å². The molecule has 1 N–H and O–H groups in total. The molecule has 0 atom stereocenters. The molecule has 1 fully saturated rings. The number of nitrogens with zero attached hydrogens (tertiary/aromatic N) is 1. The normalized spacial score (nSPS) is 15.5. The van der Waals surface area contributed by atoms with Gasteiger partial charge >= 0.3 is 0 Å². The van der Waals surface area contributed by atoms with Crippen molar-refractivity contribution in [1.29, 1.82) is 0 Å². The van der Waals surface area contributed by atoms with E-state index in [1.807, 2.05) is 6.07 Å². The molecule has 0 bridgehead atoms. The van der Waals surface area contributed by atoms with Gasteiger partial charge in [-0.05, 0) is 45.0 Å². The molecule has 0 amide bonds. The molecule has 5 heteroatoms. The third kappa shape index (κ3) is 3.57. The summed E-state index contributed by atoms with van der Waals surface area (Å²) >= 11 is 1.78. The van der Waals surface area contributed by atoms with Crippen LogP contribution in [0.4, 0.5) is 0 Å². The second-order valence-electron chi connectivity index (χ2n) is 5.30. The Kier molecular flexibility index (Phi) is 5.62. The number of benzene rings is 1. The largest absolute Gasteiger partial charge is 0.496 e.